The van der Waals surface area contributed by atoms with Gasteiger partial charge in [0.1, 0.15) is 0 Å². The van der Waals surface area contributed by atoms with E-state index in [-0.39, 0.29) is 18.7 Å². The SMILES string of the molecule is CCOC(CNC(=O)CN)OCC. The van der Waals surface area contributed by atoms with Gasteiger partial charge in [-0.3, -0.25) is 4.79 Å². The summed E-state index contributed by atoms with van der Waals surface area (Å²) >= 11 is 0. The van der Waals surface area contributed by atoms with E-state index in [0.29, 0.717) is 19.8 Å². The summed E-state index contributed by atoms with van der Waals surface area (Å²) < 4.78 is 10.4. The molecule has 0 aromatic heterocycles. The fourth-order valence-corrected chi connectivity index (χ4v) is 0.807. The third kappa shape index (κ3) is 6.51. The largest absolute Gasteiger partial charge is 0.351 e. The normalized spacial score (nSPS) is 10.5. The van der Waals surface area contributed by atoms with E-state index in [2.05, 4.69) is 5.32 Å². The Labute approximate surface area is 78.6 Å². The van der Waals surface area contributed by atoms with Crippen LogP contribution in [-0.2, 0) is 14.3 Å². The molecule has 13 heavy (non-hydrogen) atoms. The fourth-order valence-electron chi connectivity index (χ4n) is 0.807. The van der Waals surface area contributed by atoms with Gasteiger partial charge in [-0.05, 0) is 13.8 Å². The van der Waals surface area contributed by atoms with Crippen LogP contribution in [0.4, 0.5) is 0 Å². The molecular weight excluding hydrogens is 172 g/mol. The molecule has 0 spiro atoms. The van der Waals surface area contributed by atoms with Gasteiger partial charge in [-0.25, -0.2) is 0 Å². The van der Waals surface area contributed by atoms with Gasteiger partial charge < -0.3 is 20.5 Å². The molecule has 0 fully saturated rings. The Balaban J connectivity index is 3.61. The number of carbonyl (C=O) groups excluding carboxylic acids is 1. The molecule has 0 atom stereocenters. The molecule has 0 rings (SSSR count). The number of rotatable bonds is 7. The number of nitrogens with two attached hydrogens (primary N) is 1. The number of hydrogen-bond donors (Lipinski definition) is 2. The summed E-state index contributed by atoms with van der Waals surface area (Å²) in [5, 5.41) is 2.59. The maximum Gasteiger partial charge on any atom is 0.233 e. The van der Waals surface area contributed by atoms with Crippen LogP contribution in [0.2, 0.25) is 0 Å². The monoisotopic (exact) mass is 190 g/mol. The minimum atomic E-state index is -0.370. The fraction of sp³-hybridized carbons (Fsp3) is 0.875. The van der Waals surface area contributed by atoms with E-state index in [1.165, 1.54) is 0 Å². The first kappa shape index (κ1) is 12.3. The lowest BCUT2D eigenvalue weighted by molar-refractivity contribution is -0.139. The Kier molecular flexibility index (Phi) is 7.57. The quantitative estimate of drug-likeness (QED) is 0.529. The first-order valence-electron chi connectivity index (χ1n) is 4.44. The minimum Gasteiger partial charge on any atom is -0.351 e. The molecule has 0 radical (unpaired) electrons. The molecule has 0 unspecified atom stereocenters. The number of nitrogens with one attached hydrogen (secondary N) is 1. The molecule has 5 nitrogen and oxygen atoms in total. The molecule has 0 aliphatic rings. The molecular formula is C8H18N2O3. The second-order valence-electron chi connectivity index (χ2n) is 2.35. The van der Waals surface area contributed by atoms with Crippen molar-refractivity contribution in [2.24, 2.45) is 5.73 Å². The number of ether oxygens (including phenoxy) is 2. The molecule has 0 aromatic rings. The van der Waals surface area contributed by atoms with E-state index < -0.39 is 0 Å². The van der Waals surface area contributed by atoms with Gasteiger partial charge in [-0.15, -0.1) is 0 Å². The summed E-state index contributed by atoms with van der Waals surface area (Å²) in [5.74, 6) is -0.204. The van der Waals surface area contributed by atoms with Crippen molar-refractivity contribution in [3.63, 3.8) is 0 Å². The molecule has 0 bridgehead atoms. The molecule has 0 heterocycles. The average molecular weight is 190 g/mol. The third-order valence-electron chi connectivity index (χ3n) is 1.36. The lowest BCUT2D eigenvalue weighted by atomic mass is 10.5. The molecule has 1 amide bonds. The minimum absolute atomic E-state index is 0.00896. The smallest absolute Gasteiger partial charge is 0.233 e. The van der Waals surface area contributed by atoms with Crippen LogP contribution in [0.3, 0.4) is 0 Å². The van der Waals surface area contributed by atoms with Gasteiger partial charge in [0, 0.05) is 13.2 Å². The van der Waals surface area contributed by atoms with Crippen LogP contribution in [0.25, 0.3) is 0 Å². The second kappa shape index (κ2) is 7.97. The van der Waals surface area contributed by atoms with Crippen molar-refractivity contribution < 1.29 is 14.3 Å². The molecule has 0 saturated carbocycles. The third-order valence-corrected chi connectivity index (χ3v) is 1.36. The predicted molar refractivity (Wildman–Crippen MR) is 49.1 cm³/mol. The van der Waals surface area contributed by atoms with Crippen LogP contribution in [0.15, 0.2) is 0 Å². The van der Waals surface area contributed by atoms with Crippen LogP contribution in [0.1, 0.15) is 13.8 Å². The Morgan fingerprint density at radius 3 is 2.31 bits per heavy atom. The van der Waals surface area contributed by atoms with Crippen LogP contribution < -0.4 is 11.1 Å². The van der Waals surface area contributed by atoms with Crippen molar-refractivity contribution in [2.45, 2.75) is 20.1 Å². The zero-order valence-corrected chi connectivity index (χ0v) is 8.21. The van der Waals surface area contributed by atoms with Gasteiger partial charge >= 0.3 is 0 Å². The number of amides is 1. The Morgan fingerprint density at radius 2 is 1.92 bits per heavy atom. The van der Waals surface area contributed by atoms with Crippen LogP contribution >= 0.6 is 0 Å². The van der Waals surface area contributed by atoms with Crippen LogP contribution in [0.5, 0.6) is 0 Å². The van der Waals surface area contributed by atoms with Gasteiger partial charge in [0.25, 0.3) is 0 Å². The Hall–Kier alpha value is -0.650. The Morgan fingerprint density at radius 1 is 1.38 bits per heavy atom. The number of carbonyl (C=O) groups is 1. The van der Waals surface area contributed by atoms with Crippen LogP contribution in [-0.4, -0.2) is 38.5 Å². The highest BCUT2D eigenvalue weighted by Crippen LogP contribution is 1.92. The highest BCUT2D eigenvalue weighted by atomic mass is 16.7. The lowest BCUT2D eigenvalue weighted by Crippen LogP contribution is -2.38. The molecule has 0 aliphatic carbocycles. The summed E-state index contributed by atoms with van der Waals surface area (Å²) in [4.78, 5) is 10.8. The van der Waals surface area contributed by atoms with Crippen LogP contribution in [0, 0.1) is 0 Å². The van der Waals surface area contributed by atoms with Gasteiger partial charge in [-0.2, -0.15) is 0 Å². The zero-order valence-electron chi connectivity index (χ0n) is 8.21. The standard InChI is InChI=1S/C8H18N2O3/c1-3-12-8(13-4-2)6-10-7(11)5-9/h8H,3-6,9H2,1-2H3,(H,10,11). The van der Waals surface area contributed by atoms with E-state index in [9.17, 15) is 4.79 Å². The van der Waals surface area contributed by atoms with Gasteiger partial charge in [0.15, 0.2) is 6.29 Å². The van der Waals surface area contributed by atoms with Crippen molar-refractivity contribution in [1.29, 1.82) is 0 Å². The second-order valence-corrected chi connectivity index (χ2v) is 2.35. The zero-order chi connectivity index (χ0) is 10.1. The average Bonchev–Trinajstić information content (AvgIpc) is 2.14. The maximum atomic E-state index is 10.8. The summed E-state index contributed by atoms with van der Waals surface area (Å²) in [6.07, 6.45) is -0.370. The van der Waals surface area contributed by atoms with E-state index in [1.807, 2.05) is 13.8 Å². The summed E-state index contributed by atoms with van der Waals surface area (Å²) in [7, 11) is 0. The summed E-state index contributed by atoms with van der Waals surface area (Å²) in [6.45, 7) is 5.20. The summed E-state index contributed by atoms with van der Waals surface area (Å²) in [6, 6.07) is 0. The maximum absolute atomic E-state index is 10.8. The predicted octanol–water partition coefficient (Wildman–Crippen LogP) is -0.540. The Bertz CT molecular complexity index is 135. The van der Waals surface area contributed by atoms with Crippen molar-refractivity contribution in [1.82, 2.24) is 5.32 Å². The molecule has 0 aromatic carbocycles. The van der Waals surface area contributed by atoms with Crippen molar-refractivity contribution >= 4 is 5.91 Å². The van der Waals surface area contributed by atoms with E-state index in [1.54, 1.807) is 0 Å². The van der Waals surface area contributed by atoms with E-state index >= 15 is 0 Å². The van der Waals surface area contributed by atoms with Crippen molar-refractivity contribution in [3.8, 4) is 0 Å². The number of hydrogen-bond acceptors (Lipinski definition) is 4. The summed E-state index contributed by atoms with van der Waals surface area (Å²) in [5.41, 5.74) is 5.11. The first-order chi connectivity index (χ1) is 6.24. The molecule has 0 saturated heterocycles. The highest BCUT2D eigenvalue weighted by Gasteiger charge is 2.08. The first-order valence-corrected chi connectivity index (χ1v) is 4.44. The lowest BCUT2D eigenvalue weighted by Gasteiger charge is -2.16. The molecule has 0 aliphatic heterocycles. The topological polar surface area (TPSA) is 73.6 Å². The molecule has 3 N–H and O–H groups in total. The van der Waals surface area contributed by atoms with E-state index in [4.69, 9.17) is 15.2 Å². The molecule has 78 valence electrons. The van der Waals surface area contributed by atoms with E-state index in [0.717, 1.165) is 0 Å². The highest BCUT2D eigenvalue weighted by molar-refractivity contribution is 5.77. The van der Waals surface area contributed by atoms with Crippen molar-refractivity contribution in [2.75, 3.05) is 26.3 Å². The van der Waals surface area contributed by atoms with Gasteiger partial charge in [0.2, 0.25) is 5.91 Å². The molecule has 5 heteroatoms. The van der Waals surface area contributed by atoms with Gasteiger partial charge in [-0.1, -0.05) is 0 Å². The van der Waals surface area contributed by atoms with Gasteiger partial charge in [0.05, 0.1) is 13.1 Å². The van der Waals surface area contributed by atoms with Crippen molar-refractivity contribution in [3.05, 3.63) is 0 Å².